The van der Waals surface area contributed by atoms with Crippen molar-refractivity contribution in [3.63, 3.8) is 0 Å². The van der Waals surface area contributed by atoms with Gasteiger partial charge in [-0.2, -0.15) is 0 Å². The van der Waals surface area contributed by atoms with E-state index < -0.39 is 0 Å². The van der Waals surface area contributed by atoms with Gasteiger partial charge in [0.2, 0.25) is 0 Å². The van der Waals surface area contributed by atoms with Crippen LogP contribution in [0.2, 0.25) is 0 Å². The van der Waals surface area contributed by atoms with Crippen LogP contribution >= 0.6 is 0 Å². The molecule has 1 unspecified atom stereocenters. The highest BCUT2D eigenvalue weighted by Crippen LogP contribution is 2.45. The predicted molar refractivity (Wildman–Crippen MR) is 91.7 cm³/mol. The van der Waals surface area contributed by atoms with E-state index in [1.807, 2.05) is 6.07 Å². The van der Waals surface area contributed by atoms with E-state index in [1.165, 1.54) is 21.7 Å². The summed E-state index contributed by atoms with van der Waals surface area (Å²) in [6.07, 6.45) is 9.55. The van der Waals surface area contributed by atoms with Gasteiger partial charge in [-0.25, -0.2) is 4.39 Å². The van der Waals surface area contributed by atoms with E-state index in [1.54, 1.807) is 12.1 Å². The fraction of sp³-hybridized carbons (Fsp3) is 0.400. The fourth-order valence-electron chi connectivity index (χ4n) is 4.68. The molecular formula is C20H23FN2. The van der Waals surface area contributed by atoms with Crippen molar-refractivity contribution in [2.75, 3.05) is 0 Å². The maximum Gasteiger partial charge on any atom is 0.123 e. The van der Waals surface area contributed by atoms with Crippen LogP contribution in [0.5, 0.6) is 0 Å². The average molecular weight is 310 g/mol. The van der Waals surface area contributed by atoms with E-state index in [0.29, 0.717) is 0 Å². The summed E-state index contributed by atoms with van der Waals surface area (Å²) in [4.78, 5) is 0. The first-order valence-corrected chi connectivity index (χ1v) is 8.50. The van der Waals surface area contributed by atoms with Crippen LogP contribution < -0.4 is 16.3 Å². The van der Waals surface area contributed by atoms with Crippen LogP contribution in [0.3, 0.4) is 0 Å². The molecule has 0 radical (unpaired) electrons. The molecule has 0 spiro atoms. The molecule has 2 N–H and O–H groups in total. The average Bonchev–Trinajstić information content (AvgIpc) is 3.07. The standard InChI is InChI=1S/C20H23FN2/c1-3-20(10-9-13-11-14(21)7-8-16(13)20)17-12-23(2)19-15(17)5-4-6-18(19)22/h5,7-8,11-12H,3-4,6,9-10,22H2,1-2H3. The molecule has 1 heterocycles. The van der Waals surface area contributed by atoms with Gasteiger partial charge in [0.25, 0.3) is 0 Å². The third kappa shape index (κ3) is 1.92. The number of rotatable bonds is 2. The number of aryl methyl sites for hydroxylation is 2. The maximum absolute atomic E-state index is 13.6. The van der Waals surface area contributed by atoms with Gasteiger partial charge in [-0.15, -0.1) is 0 Å². The Balaban J connectivity index is 2.03. The number of halogens is 1. The van der Waals surface area contributed by atoms with Gasteiger partial charge in [-0.05, 0) is 60.9 Å². The molecule has 0 amide bonds. The van der Waals surface area contributed by atoms with Crippen molar-refractivity contribution in [2.45, 2.75) is 44.4 Å². The van der Waals surface area contributed by atoms with Gasteiger partial charge in [0.1, 0.15) is 5.82 Å². The van der Waals surface area contributed by atoms with Gasteiger partial charge in [-0.1, -0.05) is 19.1 Å². The van der Waals surface area contributed by atoms with E-state index in [4.69, 9.17) is 5.73 Å². The minimum atomic E-state index is -0.130. The zero-order valence-electron chi connectivity index (χ0n) is 13.8. The zero-order chi connectivity index (χ0) is 16.2. The van der Waals surface area contributed by atoms with Crippen LogP contribution in [0.1, 0.15) is 49.3 Å². The number of aromatic nitrogens is 1. The highest BCUT2D eigenvalue weighted by atomic mass is 19.1. The molecule has 2 aliphatic rings. The Morgan fingerprint density at radius 1 is 1.26 bits per heavy atom. The molecule has 1 atom stereocenters. The third-order valence-electron chi connectivity index (χ3n) is 5.81. The van der Waals surface area contributed by atoms with Crippen LogP contribution in [0.25, 0.3) is 11.8 Å². The first kappa shape index (κ1) is 14.6. The zero-order valence-corrected chi connectivity index (χ0v) is 13.8. The van der Waals surface area contributed by atoms with Crippen LogP contribution in [-0.2, 0) is 18.9 Å². The Morgan fingerprint density at radius 3 is 2.87 bits per heavy atom. The van der Waals surface area contributed by atoms with Crippen molar-refractivity contribution in [2.24, 2.45) is 12.8 Å². The summed E-state index contributed by atoms with van der Waals surface area (Å²) >= 11 is 0. The van der Waals surface area contributed by atoms with Gasteiger partial charge in [-0.3, -0.25) is 0 Å². The molecular weight excluding hydrogens is 287 g/mol. The summed E-state index contributed by atoms with van der Waals surface area (Å²) in [5.41, 5.74) is 11.1. The molecule has 3 heteroatoms. The van der Waals surface area contributed by atoms with Crippen molar-refractivity contribution in [3.8, 4) is 0 Å². The van der Waals surface area contributed by atoms with Crippen molar-refractivity contribution in [3.05, 3.63) is 57.5 Å². The minimum absolute atomic E-state index is 0.0114. The molecule has 4 rings (SSSR count). The van der Waals surface area contributed by atoms with Crippen molar-refractivity contribution < 1.29 is 4.39 Å². The second-order valence-corrected chi connectivity index (χ2v) is 6.92. The lowest BCUT2D eigenvalue weighted by atomic mass is 9.73. The fourth-order valence-corrected chi connectivity index (χ4v) is 4.68. The largest absolute Gasteiger partial charge is 0.400 e. The second-order valence-electron chi connectivity index (χ2n) is 6.92. The molecule has 23 heavy (non-hydrogen) atoms. The smallest absolute Gasteiger partial charge is 0.123 e. The number of fused-ring (bicyclic) bond motifs is 2. The Kier molecular flexibility index (Phi) is 3.15. The monoisotopic (exact) mass is 310 g/mol. The van der Waals surface area contributed by atoms with E-state index >= 15 is 0 Å². The minimum Gasteiger partial charge on any atom is -0.400 e. The maximum atomic E-state index is 13.6. The Labute approximate surface area is 136 Å². The van der Waals surface area contributed by atoms with E-state index in [2.05, 4.69) is 30.8 Å². The Hall–Kier alpha value is -2.03. The predicted octanol–water partition coefficient (Wildman–Crippen LogP) is 2.45. The summed E-state index contributed by atoms with van der Waals surface area (Å²) in [7, 11) is 2.08. The summed E-state index contributed by atoms with van der Waals surface area (Å²) in [5, 5.41) is 2.48. The SMILES string of the molecule is CCC1(c2cn(C)c3c2=CCCC=3N)CCc2cc(F)ccc21. The van der Waals surface area contributed by atoms with E-state index in [0.717, 1.165) is 43.4 Å². The van der Waals surface area contributed by atoms with E-state index in [9.17, 15) is 4.39 Å². The molecule has 0 fully saturated rings. The molecule has 0 aliphatic heterocycles. The van der Waals surface area contributed by atoms with Gasteiger partial charge in [0.15, 0.2) is 0 Å². The highest BCUT2D eigenvalue weighted by Gasteiger charge is 2.40. The molecule has 0 saturated heterocycles. The highest BCUT2D eigenvalue weighted by molar-refractivity contribution is 5.54. The quantitative estimate of drug-likeness (QED) is 0.907. The number of nitrogens with two attached hydrogens (primary N) is 1. The molecule has 2 nitrogen and oxygen atoms in total. The molecule has 1 aromatic carbocycles. The first-order chi connectivity index (χ1) is 11.1. The van der Waals surface area contributed by atoms with Crippen LogP contribution in [0.4, 0.5) is 4.39 Å². The number of hydrogen-bond donors (Lipinski definition) is 1. The van der Waals surface area contributed by atoms with Crippen LogP contribution in [0.15, 0.2) is 24.4 Å². The van der Waals surface area contributed by atoms with Crippen LogP contribution in [-0.4, -0.2) is 4.57 Å². The normalized spacial score (nSPS) is 22.7. The number of hydrogen-bond acceptors (Lipinski definition) is 1. The molecule has 120 valence electrons. The summed E-state index contributed by atoms with van der Waals surface area (Å²) in [6, 6.07) is 5.32. The number of benzene rings is 1. The lowest BCUT2D eigenvalue weighted by Gasteiger charge is -2.29. The molecule has 2 aromatic rings. The molecule has 0 bridgehead atoms. The number of nitrogens with zero attached hydrogens (tertiary/aromatic N) is 1. The van der Waals surface area contributed by atoms with Gasteiger partial charge >= 0.3 is 0 Å². The van der Waals surface area contributed by atoms with Gasteiger partial charge in [0, 0.05) is 29.6 Å². The third-order valence-corrected chi connectivity index (χ3v) is 5.81. The van der Waals surface area contributed by atoms with Crippen molar-refractivity contribution in [1.29, 1.82) is 0 Å². The van der Waals surface area contributed by atoms with Crippen LogP contribution in [0, 0.1) is 5.82 Å². The molecule has 1 aromatic heterocycles. The van der Waals surface area contributed by atoms with Crippen molar-refractivity contribution >= 4 is 11.8 Å². The summed E-state index contributed by atoms with van der Waals surface area (Å²) < 4.78 is 15.8. The Bertz CT molecular complexity index is 906. The second kappa shape index (κ2) is 4.98. The summed E-state index contributed by atoms with van der Waals surface area (Å²) in [6.45, 7) is 2.24. The first-order valence-electron chi connectivity index (χ1n) is 8.50. The van der Waals surface area contributed by atoms with Gasteiger partial charge < -0.3 is 10.3 Å². The van der Waals surface area contributed by atoms with Gasteiger partial charge in [0.05, 0.1) is 5.35 Å². The Morgan fingerprint density at radius 2 is 2.09 bits per heavy atom. The summed E-state index contributed by atoms with van der Waals surface area (Å²) in [5.74, 6) is -0.130. The topological polar surface area (TPSA) is 30.9 Å². The lowest BCUT2D eigenvalue weighted by Crippen LogP contribution is -2.39. The van der Waals surface area contributed by atoms with E-state index in [-0.39, 0.29) is 11.2 Å². The molecule has 2 aliphatic carbocycles. The lowest BCUT2D eigenvalue weighted by molar-refractivity contribution is 0.489. The molecule has 0 saturated carbocycles. The van der Waals surface area contributed by atoms with Crippen molar-refractivity contribution in [1.82, 2.24) is 4.57 Å².